The summed E-state index contributed by atoms with van der Waals surface area (Å²) >= 11 is 0. The van der Waals surface area contributed by atoms with Gasteiger partial charge in [-0.15, -0.1) is 0 Å². The maximum atomic E-state index is 13.2. The Morgan fingerprint density at radius 2 is 1.83 bits per heavy atom. The molecule has 0 fully saturated rings. The number of carbonyl (C=O) groups excluding carboxylic acids is 2. The van der Waals surface area contributed by atoms with Gasteiger partial charge in [0.2, 0.25) is 5.91 Å². The molecule has 0 heterocycles. The van der Waals surface area contributed by atoms with Crippen LogP contribution in [0.2, 0.25) is 0 Å². The molecule has 0 bridgehead atoms. The first-order valence-electron chi connectivity index (χ1n) is 8.24. The van der Waals surface area contributed by atoms with E-state index in [4.69, 9.17) is 0 Å². The molecular formula is C20H20FNO2. The molecule has 2 aromatic rings. The van der Waals surface area contributed by atoms with E-state index in [9.17, 15) is 14.0 Å². The molecule has 1 aliphatic carbocycles. The van der Waals surface area contributed by atoms with Gasteiger partial charge in [-0.25, -0.2) is 4.39 Å². The van der Waals surface area contributed by atoms with E-state index in [-0.39, 0.29) is 24.5 Å². The van der Waals surface area contributed by atoms with Gasteiger partial charge in [0.05, 0.1) is 0 Å². The molecule has 1 amide bonds. The minimum Gasteiger partial charge on any atom is -0.326 e. The summed E-state index contributed by atoms with van der Waals surface area (Å²) in [7, 11) is 0. The number of benzene rings is 2. The summed E-state index contributed by atoms with van der Waals surface area (Å²) in [6.45, 7) is 1.80. The Kier molecular flexibility index (Phi) is 4.74. The minimum absolute atomic E-state index is 0.0317. The molecule has 0 atom stereocenters. The predicted octanol–water partition coefficient (Wildman–Crippen LogP) is 4.22. The van der Waals surface area contributed by atoms with Crippen molar-refractivity contribution < 1.29 is 14.0 Å². The Hall–Kier alpha value is -2.49. The first-order chi connectivity index (χ1) is 11.5. The van der Waals surface area contributed by atoms with E-state index in [2.05, 4.69) is 5.32 Å². The quantitative estimate of drug-likeness (QED) is 0.837. The van der Waals surface area contributed by atoms with E-state index in [1.807, 2.05) is 18.2 Å². The molecule has 0 aromatic heterocycles. The number of hydrogen-bond donors (Lipinski definition) is 1. The van der Waals surface area contributed by atoms with Crippen LogP contribution in [0.1, 0.15) is 46.3 Å². The number of amides is 1. The highest BCUT2D eigenvalue weighted by atomic mass is 19.1. The zero-order chi connectivity index (χ0) is 17.1. The van der Waals surface area contributed by atoms with E-state index in [0.29, 0.717) is 11.3 Å². The number of ketones is 1. The van der Waals surface area contributed by atoms with Crippen molar-refractivity contribution in [3.05, 3.63) is 64.5 Å². The zero-order valence-corrected chi connectivity index (χ0v) is 13.7. The lowest BCUT2D eigenvalue weighted by atomic mass is 10.0. The number of anilines is 1. The molecule has 3 nitrogen and oxygen atoms in total. The highest BCUT2D eigenvalue weighted by molar-refractivity contribution is 6.00. The smallest absolute Gasteiger partial charge is 0.224 e. The van der Waals surface area contributed by atoms with E-state index >= 15 is 0 Å². The molecule has 0 saturated carbocycles. The molecule has 0 aliphatic heterocycles. The third kappa shape index (κ3) is 3.70. The van der Waals surface area contributed by atoms with Crippen LogP contribution in [0.5, 0.6) is 0 Å². The zero-order valence-electron chi connectivity index (χ0n) is 13.7. The molecular weight excluding hydrogens is 305 g/mol. The Labute approximate surface area is 140 Å². The van der Waals surface area contributed by atoms with Crippen LogP contribution in [-0.2, 0) is 17.6 Å². The Bertz CT molecular complexity index is 798. The van der Waals surface area contributed by atoms with Gasteiger partial charge in [-0.2, -0.15) is 0 Å². The van der Waals surface area contributed by atoms with Crippen LogP contribution in [0.25, 0.3) is 0 Å². The van der Waals surface area contributed by atoms with Crippen molar-refractivity contribution in [2.45, 2.75) is 39.0 Å². The molecule has 3 rings (SSSR count). The standard InChI is InChI=1S/C20H20FNO2/c1-13-5-8-17(21)12-18(13)22-20(24)10-9-19(23)16-7-6-14-3-2-4-15(14)11-16/h5-8,11-12H,2-4,9-10H2,1H3,(H,22,24). The average Bonchev–Trinajstić information content (AvgIpc) is 3.03. The van der Waals surface area contributed by atoms with Gasteiger partial charge in [0.15, 0.2) is 5.78 Å². The summed E-state index contributed by atoms with van der Waals surface area (Å²) in [5.74, 6) is -0.709. The van der Waals surface area contributed by atoms with Crippen molar-refractivity contribution in [2.24, 2.45) is 0 Å². The number of nitrogens with one attached hydrogen (secondary N) is 1. The van der Waals surface area contributed by atoms with Gasteiger partial charge in [-0.05, 0) is 61.1 Å². The van der Waals surface area contributed by atoms with Crippen LogP contribution in [0, 0.1) is 12.7 Å². The maximum absolute atomic E-state index is 13.2. The molecule has 1 N–H and O–H groups in total. The van der Waals surface area contributed by atoms with Crippen LogP contribution >= 0.6 is 0 Å². The van der Waals surface area contributed by atoms with E-state index in [1.165, 1.54) is 23.3 Å². The fourth-order valence-corrected chi connectivity index (χ4v) is 3.06. The van der Waals surface area contributed by atoms with Crippen molar-refractivity contribution in [1.82, 2.24) is 0 Å². The van der Waals surface area contributed by atoms with Gasteiger partial charge in [0, 0.05) is 24.1 Å². The molecule has 1 aliphatic rings. The number of Topliss-reactive ketones (excluding diaryl/α,β-unsaturated/α-hetero) is 1. The topological polar surface area (TPSA) is 46.2 Å². The average molecular weight is 325 g/mol. The number of aryl methyl sites for hydroxylation is 3. The normalized spacial score (nSPS) is 12.8. The van der Waals surface area contributed by atoms with Crippen molar-refractivity contribution in [1.29, 1.82) is 0 Å². The summed E-state index contributed by atoms with van der Waals surface area (Å²) in [5, 5.41) is 2.67. The van der Waals surface area contributed by atoms with Gasteiger partial charge in [0.1, 0.15) is 5.82 Å². The number of rotatable bonds is 5. The minimum atomic E-state index is -0.398. The number of carbonyl (C=O) groups is 2. The van der Waals surface area contributed by atoms with Gasteiger partial charge >= 0.3 is 0 Å². The summed E-state index contributed by atoms with van der Waals surface area (Å²) in [6.07, 6.45) is 3.49. The Balaban J connectivity index is 1.58. The largest absolute Gasteiger partial charge is 0.326 e. The number of hydrogen-bond acceptors (Lipinski definition) is 2. The lowest BCUT2D eigenvalue weighted by molar-refractivity contribution is -0.116. The SMILES string of the molecule is Cc1ccc(F)cc1NC(=O)CCC(=O)c1ccc2c(c1)CCC2. The molecule has 2 aromatic carbocycles. The van der Waals surface area contributed by atoms with Gasteiger partial charge in [-0.3, -0.25) is 9.59 Å². The van der Waals surface area contributed by atoms with Crippen LogP contribution in [0.3, 0.4) is 0 Å². The van der Waals surface area contributed by atoms with Crippen molar-refractivity contribution >= 4 is 17.4 Å². The molecule has 24 heavy (non-hydrogen) atoms. The number of fused-ring (bicyclic) bond motifs is 1. The number of halogens is 1. The molecule has 4 heteroatoms. The summed E-state index contributed by atoms with van der Waals surface area (Å²) in [6, 6.07) is 10.1. The summed E-state index contributed by atoms with van der Waals surface area (Å²) in [5.41, 5.74) is 4.48. The first kappa shape index (κ1) is 16.4. The monoisotopic (exact) mass is 325 g/mol. The second kappa shape index (κ2) is 6.95. The molecule has 0 unspecified atom stereocenters. The van der Waals surface area contributed by atoms with Crippen LogP contribution < -0.4 is 5.32 Å². The predicted molar refractivity (Wildman–Crippen MR) is 91.8 cm³/mol. The van der Waals surface area contributed by atoms with Crippen molar-refractivity contribution in [3.8, 4) is 0 Å². The maximum Gasteiger partial charge on any atom is 0.224 e. The molecule has 0 saturated heterocycles. The van der Waals surface area contributed by atoms with Crippen LogP contribution in [-0.4, -0.2) is 11.7 Å². The second-order valence-corrected chi connectivity index (χ2v) is 6.27. The summed E-state index contributed by atoms with van der Waals surface area (Å²) in [4.78, 5) is 24.3. The third-order valence-corrected chi connectivity index (χ3v) is 4.47. The van der Waals surface area contributed by atoms with Gasteiger partial charge in [0.25, 0.3) is 0 Å². The summed E-state index contributed by atoms with van der Waals surface area (Å²) < 4.78 is 13.2. The lowest BCUT2D eigenvalue weighted by Crippen LogP contribution is -2.14. The fraction of sp³-hybridized carbons (Fsp3) is 0.300. The van der Waals surface area contributed by atoms with Gasteiger partial charge in [-0.1, -0.05) is 18.2 Å². The van der Waals surface area contributed by atoms with Crippen molar-refractivity contribution in [3.63, 3.8) is 0 Å². The van der Waals surface area contributed by atoms with Crippen LogP contribution in [0.15, 0.2) is 36.4 Å². The third-order valence-electron chi connectivity index (χ3n) is 4.47. The highest BCUT2D eigenvalue weighted by Gasteiger charge is 2.15. The molecule has 0 radical (unpaired) electrons. The van der Waals surface area contributed by atoms with Gasteiger partial charge < -0.3 is 5.32 Å². The lowest BCUT2D eigenvalue weighted by Gasteiger charge is -2.08. The first-order valence-corrected chi connectivity index (χ1v) is 8.24. The second-order valence-electron chi connectivity index (χ2n) is 6.27. The highest BCUT2D eigenvalue weighted by Crippen LogP contribution is 2.23. The van der Waals surface area contributed by atoms with E-state index < -0.39 is 5.82 Å². The van der Waals surface area contributed by atoms with E-state index in [1.54, 1.807) is 13.0 Å². The van der Waals surface area contributed by atoms with E-state index in [0.717, 1.165) is 24.8 Å². The molecule has 124 valence electrons. The van der Waals surface area contributed by atoms with Crippen LogP contribution in [0.4, 0.5) is 10.1 Å². The molecule has 0 spiro atoms. The fourth-order valence-electron chi connectivity index (χ4n) is 3.06. The van der Waals surface area contributed by atoms with Crippen molar-refractivity contribution in [2.75, 3.05) is 5.32 Å². The Morgan fingerprint density at radius 3 is 2.67 bits per heavy atom. The Morgan fingerprint density at radius 1 is 1.04 bits per heavy atom.